The predicted octanol–water partition coefficient (Wildman–Crippen LogP) is 6.83. The standard InChI is InChI=1S/C28H28/c1-28(22-25-15-9-4-10-16-25)18-17-26(19-23-11-5-2-6-12-23)21-27(28)20-24-13-7-3-8-14-24/h2-18,21,27H,19-20,22H2,1H3. The van der Waals surface area contributed by atoms with E-state index in [1.165, 1.54) is 22.3 Å². The van der Waals surface area contributed by atoms with Gasteiger partial charge in [0.2, 0.25) is 0 Å². The van der Waals surface area contributed by atoms with Crippen molar-refractivity contribution < 1.29 is 0 Å². The summed E-state index contributed by atoms with van der Waals surface area (Å²) in [5.41, 5.74) is 5.75. The van der Waals surface area contributed by atoms with Crippen LogP contribution in [-0.4, -0.2) is 0 Å². The second-order valence-corrected chi connectivity index (χ2v) is 8.20. The Hall–Kier alpha value is -2.86. The van der Waals surface area contributed by atoms with Gasteiger partial charge in [-0.25, -0.2) is 0 Å². The molecule has 4 rings (SSSR count). The molecule has 0 N–H and O–H groups in total. The third kappa shape index (κ3) is 4.51. The fourth-order valence-corrected chi connectivity index (χ4v) is 4.26. The Morgan fingerprint density at radius 1 is 0.679 bits per heavy atom. The van der Waals surface area contributed by atoms with Crippen molar-refractivity contribution in [3.63, 3.8) is 0 Å². The molecule has 0 saturated carbocycles. The minimum absolute atomic E-state index is 0.122. The maximum Gasteiger partial charge on any atom is -0.00289 e. The van der Waals surface area contributed by atoms with E-state index < -0.39 is 0 Å². The van der Waals surface area contributed by atoms with E-state index in [1.54, 1.807) is 0 Å². The van der Waals surface area contributed by atoms with Crippen LogP contribution in [0, 0.1) is 11.3 Å². The third-order valence-electron chi connectivity index (χ3n) is 5.92. The van der Waals surface area contributed by atoms with Gasteiger partial charge in [0.25, 0.3) is 0 Å². The molecule has 1 aliphatic rings. The lowest BCUT2D eigenvalue weighted by molar-refractivity contribution is 0.297. The quantitative estimate of drug-likeness (QED) is 0.449. The van der Waals surface area contributed by atoms with Crippen LogP contribution in [-0.2, 0) is 19.3 Å². The zero-order chi connectivity index (χ0) is 19.2. The Labute approximate surface area is 169 Å². The maximum atomic E-state index is 2.53. The first-order valence-electron chi connectivity index (χ1n) is 10.2. The molecule has 0 radical (unpaired) electrons. The van der Waals surface area contributed by atoms with Crippen LogP contribution in [0.2, 0.25) is 0 Å². The summed E-state index contributed by atoms with van der Waals surface area (Å²) < 4.78 is 0. The number of allylic oxidation sites excluding steroid dienone is 4. The highest BCUT2D eigenvalue weighted by molar-refractivity contribution is 5.36. The van der Waals surface area contributed by atoms with Crippen LogP contribution < -0.4 is 0 Å². The van der Waals surface area contributed by atoms with E-state index >= 15 is 0 Å². The molecule has 0 bridgehead atoms. The molecule has 0 amide bonds. The van der Waals surface area contributed by atoms with Crippen LogP contribution in [0.5, 0.6) is 0 Å². The van der Waals surface area contributed by atoms with Crippen molar-refractivity contribution in [1.82, 2.24) is 0 Å². The van der Waals surface area contributed by atoms with Crippen molar-refractivity contribution in [3.05, 3.63) is 131 Å². The first-order chi connectivity index (χ1) is 13.7. The minimum atomic E-state index is 0.122. The molecule has 2 unspecified atom stereocenters. The molecule has 3 aromatic carbocycles. The Morgan fingerprint density at radius 3 is 1.82 bits per heavy atom. The van der Waals surface area contributed by atoms with E-state index in [2.05, 4.69) is 116 Å². The van der Waals surface area contributed by atoms with Crippen molar-refractivity contribution in [2.24, 2.45) is 11.3 Å². The summed E-state index contributed by atoms with van der Waals surface area (Å²) in [6.45, 7) is 2.42. The second kappa shape index (κ2) is 8.44. The predicted molar refractivity (Wildman–Crippen MR) is 119 cm³/mol. The fourth-order valence-electron chi connectivity index (χ4n) is 4.26. The van der Waals surface area contributed by atoms with Gasteiger partial charge in [-0.2, -0.15) is 0 Å². The van der Waals surface area contributed by atoms with Crippen molar-refractivity contribution >= 4 is 0 Å². The topological polar surface area (TPSA) is 0 Å². The Balaban J connectivity index is 1.61. The lowest BCUT2D eigenvalue weighted by Crippen LogP contribution is -2.30. The zero-order valence-corrected chi connectivity index (χ0v) is 16.6. The van der Waals surface area contributed by atoms with Gasteiger partial charge in [-0.3, -0.25) is 0 Å². The van der Waals surface area contributed by atoms with E-state index in [-0.39, 0.29) is 5.41 Å². The Morgan fingerprint density at radius 2 is 1.21 bits per heavy atom. The van der Waals surface area contributed by atoms with Gasteiger partial charge in [-0.1, -0.05) is 116 Å². The van der Waals surface area contributed by atoms with Crippen LogP contribution in [0.1, 0.15) is 23.6 Å². The second-order valence-electron chi connectivity index (χ2n) is 8.20. The smallest absolute Gasteiger partial charge is 0.00289 e. The highest BCUT2D eigenvalue weighted by Gasteiger charge is 2.33. The molecule has 0 spiro atoms. The largest absolute Gasteiger partial charge is 0.0774 e. The van der Waals surface area contributed by atoms with Crippen LogP contribution in [0.25, 0.3) is 0 Å². The highest BCUT2D eigenvalue weighted by Crippen LogP contribution is 2.40. The number of hydrogen-bond donors (Lipinski definition) is 0. The summed E-state index contributed by atoms with van der Waals surface area (Å²) >= 11 is 0. The molecule has 0 nitrogen and oxygen atoms in total. The summed E-state index contributed by atoms with van der Waals surface area (Å²) in [5.74, 6) is 0.485. The van der Waals surface area contributed by atoms with Crippen LogP contribution in [0.4, 0.5) is 0 Å². The van der Waals surface area contributed by atoms with Crippen molar-refractivity contribution in [2.75, 3.05) is 0 Å². The van der Waals surface area contributed by atoms with E-state index in [9.17, 15) is 0 Å². The molecule has 28 heavy (non-hydrogen) atoms. The summed E-state index contributed by atoms with van der Waals surface area (Å²) in [6, 6.07) is 32.6. The number of benzene rings is 3. The molecule has 3 aromatic rings. The average Bonchev–Trinajstić information content (AvgIpc) is 2.73. The van der Waals surface area contributed by atoms with Gasteiger partial charge >= 0.3 is 0 Å². The molecule has 0 heteroatoms. The first-order valence-corrected chi connectivity index (χ1v) is 10.2. The highest BCUT2D eigenvalue weighted by atomic mass is 14.4. The first kappa shape index (κ1) is 18.5. The molecule has 0 heterocycles. The van der Waals surface area contributed by atoms with Gasteiger partial charge in [0.1, 0.15) is 0 Å². The molecular formula is C28H28. The third-order valence-corrected chi connectivity index (χ3v) is 5.92. The number of rotatable bonds is 6. The fraction of sp³-hybridized carbons (Fsp3) is 0.214. The molecule has 1 aliphatic carbocycles. The van der Waals surface area contributed by atoms with E-state index in [1.807, 2.05) is 0 Å². The van der Waals surface area contributed by atoms with Gasteiger partial charge in [0.05, 0.1) is 0 Å². The van der Waals surface area contributed by atoms with Crippen molar-refractivity contribution in [1.29, 1.82) is 0 Å². The summed E-state index contributed by atoms with van der Waals surface area (Å²) in [7, 11) is 0. The maximum absolute atomic E-state index is 2.53. The Kier molecular flexibility index (Phi) is 5.58. The van der Waals surface area contributed by atoms with Crippen LogP contribution in [0.15, 0.2) is 115 Å². The Bertz CT molecular complexity index is 935. The number of hydrogen-bond acceptors (Lipinski definition) is 0. The molecule has 140 valence electrons. The van der Waals surface area contributed by atoms with Gasteiger partial charge in [-0.05, 0) is 52.9 Å². The molecule has 0 saturated heterocycles. The zero-order valence-electron chi connectivity index (χ0n) is 16.6. The van der Waals surface area contributed by atoms with Crippen LogP contribution >= 0.6 is 0 Å². The van der Waals surface area contributed by atoms with Gasteiger partial charge < -0.3 is 0 Å². The molecule has 2 atom stereocenters. The molecule has 0 aliphatic heterocycles. The summed E-state index contributed by atoms with van der Waals surface area (Å²) in [5, 5.41) is 0. The summed E-state index contributed by atoms with van der Waals surface area (Å²) in [4.78, 5) is 0. The van der Waals surface area contributed by atoms with Gasteiger partial charge in [0.15, 0.2) is 0 Å². The van der Waals surface area contributed by atoms with E-state index in [0.717, 1.165) is 19.3 Å². The monoisotopic (exact) mass is 364 g/mol. The van der Waals surface area contributed by atoms with E-state index in [0.29, 0.717) is 5.92 Å². The minimum Gasteiger partial charge on any atom is -0.0774 e. The lowest BCUT2D eigenvalue weighted by atomic mass is 9.67. The lowest BCUT2D eigenvalue weighted by Gasteiger charge is -2.37. The van der Waals surface area contributed by atoms with Crippen LogP contribution in [0.3, 0.4) is 0 Å². The van der Waals surface area contributed by atoms with Crippen molar-refractivity contribution in [2.45, 2.75) is 26.2 Å². The van der Waals surface area contributed by atoms with E-state index in [4.69, 9.17) is 0 Å². The van der Waals surface area contributed by atoms with Gasteiger partial charge in [0, 0.05) is 0 Å². The summed E-state index contributed by atoms with van der Waals surface area (Å²) in [6.07, 6.45) is 10.5. The molecule has 0 aromatic heterocycles. The molecule has 0 fully saturated rings. The SMILES string of the molecule is CC1(Cc2ccccc2)C=CC(Cc2ccccc2)=CC1Cc1ccccc1. The average molecular weight is 365 g/mol. The normalized spacial score (nSPS) is 21.3. The molecular weight excluding hydrogens is 336 g/mol. The van der Waals surface area contributed by atoms with Gasteiger partial charge in [-0.15, -0.1) is 0 Å². The van der Waals surface area contributed by atoms with Crippen molar-refractivity contribution in [3.8, 4) is 0 Å².